The highest BCUT2D eigenvalue weighted by molar-refractivity contribution is 7.80. The Bertz CT molecular complexity index is 320. The topological polar surface area (TPSA) is 41.7 Å². The number of thiocarbonyl (C=S) groups is 1. The molecule has 0 amide bonds. The highest BCUT2D eigenvalue weighted by Gasteiger charge is 2.28. The Morgan fingerprint density at radius 2 is 1.90 bits per heavy atom. The van der Waals surface area contributed by atoms with Crippen molar-refractivity contribution in [1.29, 1.82) is 0 Å². The number of alkyl halides is 3. The van der Waals surface area contributed by atoms with Crippen LogP contribution in [-0.4, -0.2) is 72.9 Å². The van der Waals surface area contributed by atoms with E-state index in [1.165, 1.54) is 0 Å². The Morgan fingerprint density at radius 3 is 2.38 bits per heavy atom. The Kier molecular flexibility index (Phi) is 7.86. The molecule has 0 aromatic carbocycles. The highest BCUT2D eigenvalue weighted by atomic mass is 32.1. The first kappa shape index (κ1) is 18.6. The third kappa shape index (κ3) is 7.39. The van der Waals surface area contributed by atoms with Gasteiger partial charge in [-0.25, -0.2) is 0 Å². The lowest BCUT2D eigenvalue weighted by molar-refractivity contribution is -0.174. The van der Waals surface area contributed by atoms with Crippen molar-refractivity contribution in [2.75, 3.05) is 45.9 Å². The van der Waals surface area contributed by atoms with Gasteiger partial charge in [-0.3, -0.25) is 9.80 Å². The molecule has 0 aromatic rings. The fourth-order valence-electron chi connectivity index (χ4n) is 2.46. The second-order valence-electron chi connectivity index (χ2n) is 5.25. The van der Waals surface area contributed by atoms with Gasteiger partial charge in [-0.05, 0) is 6.42 Å². The Balaban J connectivity index is 2.24. The molecule has 21 heavy (non-hydrogen) atoms. The number of nitrogens with zero attached hydrogens (tertiary/aromatic N) is 2. The van der Waals surface area contributed by atoms with Crippen molar-refractivity contribution in [3.63, 3.8) is 0 Å². The molecule has 124 valence electrons. The molecule has 1 fully saturated rings. The van der Waals surface area contributed by atoms with E-state index in [2.05, 4.69) is 21.5 Å². The third-order valence-electron chi connectivity index (χ3n) is 3.56. The van der Waals surface area contributed by atoms with E-state index in [0.717, 1.165) is 39.0 Å². The highest BCUT2D eigenvalue weighted by Crippen LogP contribution is 2.15. The van der Waals surface area contributed by atoms with Crippen LogP contribution < -0.4 is 5.73 Å². The van der Waals surface area contributed by atoms with Crippen molar-refractivity contribution in [2.45, 2.75) is 32.0 Å². The van der Waals surface area contributed by atoms with Crippen LogP contribution in [0.5, 0.6) is 0 Å². The van der Waals surface area contributed by atoms with E-state index in [1.54, 1.807) is 0 Å². The lowest BCUT2D eigenvalue weighted by atomic mass is 10.1. The monoisotopic (exact) mass is 327 g/mol. The molecule has 0 spiro atoms. The summed E-state index contributed by atoms with van der Waals surface area (Å²) in [6.45, 7) is 4.83. The average molecular weight is 327 g/mol. The maximum absolute atomic E-state index is 11.9. The maximum Gasteiger partial charge on any atom is 0.411 e. The van der Waals surface area contributed by atoms with Crippen LogP contribution in [0, 0.1) is 0 Å². The molecule has 0 radical (unpaired) electrons. The van der Waals surface area contributed by atoms with Crippen molar-refractivity contribution in [3.8, 4) is 0 Å². The lowest BCUT2D eigenvalue weighted by Crippen LogP contribution is -2.54. The van der Waals surface area contributed by atoms with Crippen LogP contribution in [0.15, 0.2) is 0 Å². The smallest absolute Gasteiger partial charge is 0.392 e. The zero-order valence-corrected chi connectivity index (χ0v) is 13.2. The molecule has 4 nitrogen and oxygen atoms in total. The number of rotatable bonds is 8. The summed E-state index contributed by atoms with van der Waals surface area (Å²) < 4.78 is 40.5. The molecule has 0 aromatic heterocycles. The molecule has 0 aliphatic carbocycles. The molecule has 8 heteroatoms. The summed E-state index contributed by atoms with van der Waals surface area (Å²) in [5.74, 6) is 0. The number of piperazine rings is 1. The first-order valence-electron chi connectivity index (χ1n) is 7.23. The van der Waals surface area contributed by atoms with Gasteiger partial charge in [0.2, 0.25) is 0 Å². The van der Waals surface area contributed by atoms with E-state index in [-0.39, 0.29) is 12.6 Å². The van der Waals surface area contributed by atoms with Gasteiger partial charge < -0.3 is 10.5 Å². The molecular formula is C13H24F3N3OS. The summed E-state index contributed by atoms with van der Waals surface area (Å²) in [7, 11) is 0. The predicted molar refractivity (Wildman–Crippen MR) is 80.4 cm³/mol. The SMILES string of the molecule is CCCC(C(N)=S)N1CCN(CCOCC(F)(F)F)CC1. The standard InChI is InChI=1S/C13H24F3N3OS/c1-2-3-11(12(17)21)19-6-4-18(5-7-19)8-9-20-10-13(14,15)16/h11H,2-10H2,1H3,(H2,17,21). The Hall–Kier alpha value is -0.440. The zero-order valence-electron chi connectivity index (χ0n) is 12.4. The van der Waals surface area contributed by atoms with Crippen molar-refractivity contribution in [3.05, 3.63) is 0 Å². The van der Waals surface area contributed by atoms with Gasteiger partial charge in [0.15, 0.2) is 0 Å². The van der Waals surface area contributed by atoms with Crippen LogP contribution in [0.25, 0.3) is 0 Å². The minimum atomic E-state index is -4.25. The van der Waals surface area contributed by atoms with E-state index in [0.29, 0.717) is 11.5 Å². The van der Waals surface area contributed by atoms with Crippen LogP contribution in [0.1, 0.15) is 19.8 Å². The molecule has 1 atom stereocenters. The van der Waals surface area contributed by atoms with Crippen molar-refractivity contribution in [1.82, 2.24) is 9.80 Å². The summed E-state index contributed by atoms with van der Waals surface area (Å²) >= 11 is 5.11. The minimum Gasteiger partial charge on any atom is -0.392 e. The average Bonchev–Trinajstić information content (AvgIpc) is 2.40. The number of nitrogens with two attached hydrogens (primary N) is 1. The first-order chi connectivity index (χ1) is 9.83. The van der Waals surface area contributed by atoms with E-state index in [9.17, 15) is 13.2 Å². The van der Waals surface area contributed by atoms with Gasteiger partial charge in [0.05, 0.1) is 17.6 Å². The maximum atomic E-state index is 11.9. The quantitative estimate of drug-likeness (QED) is 0.542. The van der Waals surface area contributed by atoms with E-state index in [4.69, 9.17) is 18.0 Å². The first-order valence-corrected chi connectivity index (χ1v) is 7.64. The van der Waals surface area contributed by atoms with Crippen LogP contribution in [0.3, 0.4) is 0 Å². The number of hydrogen-bond acceptors (Lipinski definition) is 4. The van der Waals surface area contributed by atoms with Crippen molar-refractivity contribution in [2.24, 2.45) is 5.73 Å². The van der Waals surface area contributed by atoms with Gasteiger partial charge >= 0.3 is 6.18 Å². The zero-order chi connectivity index (χ0) is 15.9. The van der Waals surface area contributed by atoms with Crippen LogP contribution in [-0.2, 0) is 4.74 Å². The van der Waals surface area contributed by atoms with Gasteiger partial charge in [-0.15, -0.1) is 0 Å². The molecule has 0 bridgehead atoms. The summed E-state index contributed by atoms with van der Waals surface area (Å²) in [5.41, 5.74) is 5.78. The summed E-state index contributed by atoms with van der Waals surface area (Å²) in [6, 6.07) is 0.133. The second-order valence-corrected chi connectivity index (χ2v) is 5.72. The van der Waals surface area contributed by atoms with Gasteiger partial charge in [0.25, 0.3) is 0 Å². The van der Waals surface area contributed by atoms with E-state index >= 15 is 0 Å². The lowest BCUT2D eigenvalue weighted by Gasteiger charge is -2.38. The molecule has 0 saturated carbocycles. The van der Waals surface area contributed by atoms with Gasteiger partial charge in [-0.2, -0.15) is 13.2 Å². The van der Waals surface area contributed by atoms with Crippen LogP contribution >= 0.6 is 12.2 Å². The van der Waals surface area contributed by atoms with Crippen molar-refractivity contribution >= 4 is 17.2 Å². The molecule has 1 aliphatic heterocycles. The molecule has 2 N–H and O–H groups in total. The second kappa shape index (κ2) is 8.87. The third-order valence-corrected chi connectivity index (χ3v) is 3.83. The number of halogens is 3. The summed E-state index contributed by atoms with van der Waals surface area (Å²) in [4.78, 5) is 4.90. The Labute approximate surface area is 129 Å². The predicted octanol–water partition coefficient (Wildman–Crippen LogP) is 1.64. The fraction of sp³-hybridized carbons (Fsp3) is 0.923. The molecule has 1 heterocycles. The van der Waals surface area contributed by atoms with E-state index < -0.39 is 12.8 Å². The normalized spacial score (nSPS) is 19.6. The number of ether oxygens (including phenoxy) is 1. The van der Waals surface area contributed by atoms with Gasteiger partial charge in [0.1, 0.15) is 6.61 Å². The van der Waals surface area contributed by atoms with Crippen LogP contribution in [0.2, 0.25) is 0 Å². The number of hydrogen-bond donors (Lipinski definition) is 1. The molecule has 1 unspecified atom stereocenters. The minimum absolute atomic E-state index is 0.104. The Morgan fingerprint density at radius 1 is 1.29 bits per heavy atom. The molecule has 1 rings (SSSR count). The molecular weight excluding hydrogens is 303 g/mol. The van der Waals surface area contributed by atoms with Crippen molar-refractivity contribution < 1.29 is 17.9 Å². The fourth-order valence-corrected chi connectivity index (χ4v) is 2.73. The van der Waals surface area contributed by atoms with Gasteiger partial charge in [-0.1, -0.05) is 25.6 Å². The van der Waals surface area contributed by atoms with Crippen LogP contribution in [0.4, 0.5) is 13.2 Å². The summed E-state index contributed by atoms with van der Waals surface area (Å²) in [5, 5.41) is 0. The summed E-state index contributed by atoms with van der Waals surface area (Å²) in [6.07, 6.45) is -2.28. The molecule has 1 aliphatic rings. The molecule has 1 saturated heterocycles. The van der Waals surface area contributed by atoms with E-state index in [1.807, 2.05) is 0 Å². The largest absolute Gasteiger partial charge is 0.411 e. The van der Waals surface area contributed by atoms with Gasteiger partial charge in [0, 0.05) is 32.7 Å².